The van der Waals surface area contributed by atoms with Gasteiger partial charge >= 0.3 is 12.4 Å². The molecule has 2 rings (SSSR count). The lowest BCUT2D eigenvalue weighted by atomic mass is 10.2. The third-order valence-corrected chi connectivity index (χ3v) is 2.86. The quantitative estimate of drug-likeness (QED) is 0.863. The van der Waals surface area contributed by atoms with E-state index in [1.54, 1.807) is 0 Å². The predicted molar refractivity (Wildman–Crippen MR) is 64.7 cm³/mol. The number of nitrogen functional groups attached to an aromatic ring is 1. The molecule has 0 unspecified atom stereocenters. The number of hydrogen-bond acceptors (Lipinski definition) is 3. The first-order valence-electron chi connectivity index (χ1n) is 5.92. The number of hydrogen-bond donors (Lipinski definition) is 1. The maximum atomic E-state index is 12.8. The molecule has 0 aliphatic carbocycles. The van der Waals surface area contributed by atoms with E-state index in [1.165, 1.54) is 19.1 Å². The Balaban J connectivity index is 2.44. The van der Waals surface area contributed by atoms with Gasteiger partial charge in [0.1, 0.15) is 5.69 Å². The largest absolute Gasteiger partial charge is 0.435 e. The van der Waals surface area contributed by atoms with Crippen LogP contribution in [-0.4, -0.2) is 14.8 Å². The molecule has 0 saturated heterocycles. The third kappa shape index (κ3) is 3.31. The molecule has 0 aliphatic heterocycles. The van der Waals surface area contributed by atoms with Crippen LogP contribution in [0, 0.1) is 6.92 Å². The van der Waals surface area contributed by atoms with Crippen LogP contribution in [0.2, 0.25) is 0 Å². The summed E-state index contributed by atoms with van der Waals surface area (Å²) in [5.41, 5.74) is 3.25. The van der Waals surface area contributed by atoms with Gasteiger partial charge in [-0.05, 0) is 19.1 Å². The average Bonchev–Trinajstić information content (AvgIpc) is 2.77. The number of anilines is 1. The van der Waals surface area contributed by atoms with Crippen molar-refractivity contribution in [1.29, 1.82) is 0 Å². The summed E-state index contributed by atoms with van der Waals surface area (Å²) in [5, 5.41) is 3.00. The number of nitrogens with zero attached hydrogens (tertiary/aromatic N) is 3. The summed E-state index contributed by atoms with van der Waals surface area (Å²) < 4.78 is 76.4. The van der Waals surface area contributed by atoms with Crippen LogP contribution in [-0.2, 0) is 18.9 Å². The molecule has 0 fully saturated rings. The van der Waals surface area contributed by atoms with Gasteiger partial charge in [-0.1, -0.05) is 0 Å². The number of rotatable bonds is 2. The van der Waals surface area contributed by atoms with E-state index in [9.17, 15) is 26.3 Å². The maximum Gasteiger partial charge on any atom is 0.435 e. The molecule has 22 heavy (non-hydrogen) atoms. The Morgan fingerprint density at radius 2 is 1.73 bits per heavy atom. The molecule has 0 bridgehead atoms. The van der Waals surface area contributed by atoms with E-state index in [0.29, 0.717) is 11.4 Å². The summed E-state index contributed by atoms with van der Waals surface area (Å²) in [7, 11) is 0. The molecule has 0 aliphatic rings. The van der Waals surface area contributed by atoms with Gasteiger partial charge < -0.3 is 5.73 Å². The van der Waals surface area contributed by atoms with Crippen LogP contribution in [0.1, 0.15) is 22.8 Å². The Morgan fingerprint density at radius 3 is 2.23 bits per heavy atom. The van der Waals surface area contributed by atoms with E-state index in [2.05, 4.69) is 10.1 Å². The molecular weight excluding hydrogens is 314 g/mol. The highest BCUT2D eigenvalue weighted by Crippen LogP contribution is 2.35. The summed E-state index contributed by atoms with van der Waals surface area (Å²) in [6.07, 6.45) is -9.92. The average molecular weight is 324 g/mol. The first-order valence-corrected chi connectivity index (χ1v) is 5.92. The lowest BCUT2D eigenvalue weighted by molar-refractivity contribution is -0.144. The third-order valence-electron chi connectivity index (χ3n) is 2.86. The minimum atomic E-state index is -4.96. The smallest absolute Gasteiger partial charge is 0.397 e. The normalized spacial score (nSPS) is 12.7. The van der Waals surface area contributed by atoms with Crippen LogP contribution in [0.25, 0.3) is 0 Å². The van der Waals surface area contributed by atoms with Crippen LogP contribution in [0.5, 0.6) is 0 Å². The van der Waals surface area contributed by atoms with E-state index >= 15 is 0 Å². The fourth-order valence-electron chi connectivity index (χ4n) is 1.77. The Bertz CT molecular complexity index is 686. The van der Waals surface area contributed by atoms with Crippen molar-refractivity contribution in [2.45, 2.75) is 25.8 Å². The molecule has 2 heterocycles. The maximum absolute atomic E-state index is 12.8. The van der Waals surface area contributed by atoms with Crippen molar-refractivity contribution < 1.29 is 26.3 Å². The lowest BCUT2D eigenvalue weighted by Gasteiger charge is -2.10. The molecule has 0 spiro atoms. The minimum Gasteiger partial charge on any atom is -0.397 e. The van der Waals surface area contributed by atoms with Gasteiger partial charge in [0.2, 0.25) is 0 Å². The van der Waals surface area contributed by atoms with Gasteiger partial charge in [-0.2, -0.15) is 31.4 Å². The Kier molecular flexibility index (Phi) is 3.80. The minimum absolute atomic E-state index is 0.0237. The summed E-state index contributed by atoms with van der Waals surface area (Å²) in [6.45, 7) is 0.986. The molecular formula is C12H10F6N4. The Morgan fingerprint density at radius 1 is 1.09 bits per heavy atom. The highest BCUT2D eigenvalue weighted by Gasteiger charge is 2.41. The molecule has 0 amide bonds. The molecule has 4 nitrogen and oxygen atoms in total. The second-order valence-corrected chi connectivity index (χ2v) is 4.55. The van der Waals surface area contributed by atoms with Crippen LogP contribution in [0.3, 0.4) is 0 Å². The monoisotopic (exact) mass is 324 g/mol. The molecule has 2 aromatic rings. The summed E-state index contributed by atoms with van der Waals surface area (Å²) >= 11 is 0. The molecule has 0 atom stereocenters. The highest BCUT2D eigenvalue weighted by atomic mass is 19.4. The highest BCUT2D eigenvalue weighted by molar-refractivity contribution is 5.42. The summed E-state index contributed by atoms with van der Waals surface area (Å²) in [4.78, 5) is 3.93. The number of halogens is 6. The SMILES string of the molecule is Cc1nc(Cn2nc(C(F)(F)F)cc2C(F)(F)F)ccc1N. The van der Waals surface area contributed by atoms with Crippen molar-refractivity contribution in [3.8, 4) is 0 Å². The van der Waals surface area contributed by atoms with Gasteiger partial charge in [0.25, 0.3) is 0 Å². The lowest BCUT2D eigenvalue weighted by Crippen LogP contribution is -2.16. The number of nitrogens with two attached hydrogens (primary N) is 1. The standard InChI is InChI=1S/C12H10F6N4/c1-6-8(19)3-2-7(20-6)5-22-10(12(16,17)18)4-9(21-22)11(13,14)15/h2-4H,5,19H2,1H3. The van der Waals surface area contributed by atoms with Crippen molar-refractivity contribution in [3.63, 3.8) is 0 Å². The fraction of sp³-hybridized carbons (Fsp3) is 0.333. The van der Waals surface area contributed by atoms with Crippen molar-refractivity contribution in [2.75, 3.05) is 5.73 Å². The number of aryl methyl sites for hydroxylation is 1. The molecule has 2 N–H and O–H groups in total. The van der Waals surface area contributed by atoms with E-state index in [1.807, 2.05) is 0 Å². The van der Waals surface area contributed by atoms with Crippen molar-refractivity contribution >= 4 is 5.69 Å². The summed E-state index contributed by atoms with van der Waals surface area (Å²) in [6, 6.07) is 2.72. The molecule has 0 radical (unpaired) electrons. The number of pyridine rings is 1. The van der Waals surface area contributed by atoms with Gasteiger partial charge in [0.05, 0.1) is 23.6 Å². The Labute approximate surface area is 120 Å². The zero-order valence-electron chi connectivity index (χ0n) is 11.1. The topological polar surface area (TPSA) is 56.7 Å². The van der Waals surface area contributed by atoms with Gasteiger partial charge in [0, 0.05) is 6.07 Å². The van der Waals surface area contributed by atoms with Crippen molar-refractivity contribution in [1.82, 2.24) is 14.8 Å². The van der Waals surface area contributed by atoms with E-state index in [-0.39, 0.29) is 16.4 Å². The molecule has 0 saturated carbocycles. The van der Waals surface area contributed by atoms with Crippen LogP contribution >= 0.6 is 0 Å². The van der Waals surface area contributed by atoms with Crippen molar-refractivity contribution in [3.05, 3.63) is 41.0 Å². The predicted octanol–water partition coefficient (Wildman–Crippen LogP) is 3.25. The van der Waals surface area contributed by atoms with Crippen molar-refractivity contribution in [2.24, 2.45) is 0 Å². The second-order valence-electron chi connectivity index (χ2n) is 4.55. The zero-order chi connectivity index (χ0) is 16.7. The first kappa shape index (κ1) is 16.1. The molecule has 0 aromatic carbocycles. The van der Waals surface area contributed by atoms with Crippen LogP contribution in [0.4, 0.5) is 32.0 Å². The molecule has 10 heteroatoms. The zero-order valence-corrected chi connectivity index (χ0v) is 11.1. The van der Waals surface area contributed by atoms with Gasteiger partial charge in [-0.15, -0.1) is 0 Å². The van der Waals surface area contributed by atoms with Gasteiger partial charge in [0.15, 0.2) is 5.69 Å². The van der Waals surface area contributed by atoms with E-state index < -0.39 is 30.3 Å². The van der Waals surface area contributed by atoms with E-state index in [4.69, 9.17) is 5.73 Å². The van der Waals surface area contributed by atoms with Crippen LogP contribution in [0.15, 0.2) is 18.2 Å². The molecule has 120 valence electrons. The van der Waals surface area contributed by atoms with Gasteiger partial charge in [-0.25, -0.2) is 0 Å². The second kappa shape index (κ2) is 5.18. The summed E-state index contributed by atoms with van der Waals surface area (Å²) in [5.74, 6) is 0. The first-order chi connectivity index (χ1) is 9.98. The van der Waals surface area contributed by atoms with Crippen LogP contribution < -0.4 is 5.73 Å². The molecule has 2 aromatic heterocycles. The number of alkyl halides is 6. The van der Waals surface area contributed by atoms with E-state index in [0.717, 1.165) is 0 Å². The van der Waals surface area contributed by atoms with Gasteiger partial charge in [-0.3, -0.25) is 9.67 Å². The Hall–Kier alpha value is -2.26. The number of aromatic nitrogens is 3. The fourth-order valence-corrected chi connectivity index (χ4v) is 1.77.